The van der Waals surface area contributed by atoms with E-state index in [-0.39, 0.29) is 0 Å². The third kappa shape index (κ3) is 1.08. The Bertz CT molecular complexity index is 202. The molecule has 0 amide bonds. The molecule has 1 heterocycles. The SMILES string of the molecule is C=Cc1sccc1C=N. The van der Waals surface area contributed by atoms with Crippen molar-refractivity contribution in [2.75, 3.05) is 0 Å². The fourth-order valence-corrected chi connectivity index (χ4v) is 1.34. The van der Waals surface area contributed by atoms with Gasteiger partial charge in [0.1, 0.15) is 0 Å². The normalized spacial score (nSPS) is 8.89. The van der Waals surface area contributed by atoms with Crippen LogP contribution >= 0.6 is 11.3 Å². The van der Waals surface area contributed by atoms with Crippen molar-refractivity contribution in [3.8, 4) is 0 Å². The lowest BCUT2D eigenvalue weighted by molar-refractivity contribution is 1.56. The molecule has 0 aliphatic heterocycles. The summed E-state index contributed by atoms with van der Waals surface area (Å²) >= 11 is 1.60. The standard InChI is InChI=1S/C7H7NS/c1-2-7-6(5-8)3-4-9-7/h2-5,8H,1H2. The average molecular weight is 137 g/mol. The first kappa shape index (κ1) is 6.23. The summed E-state index contributed by atoms with van der Waals surface area (Å²) in [5.74, 6) is 0. The van der Waals surface area contributed by atoms with Gasteiger partial charge in [-0.3, -0.25) is 0 Å². The highest BCUT2D eigenvalue weighted by Crippen LogP contribution is 2.15. The average Bonchev–Trinajstić information content (AvgIpc) is 2.33. The van der Waals surface area contributed by atoms with Crippen LogP contribution in [0.4, 0.5) is 0 Å². The Morgan fingerprint density at radius 3 is 2.89 bits per heavy atom. The fourth-order valence-electron chi connectivity index (χ4n) is 0.616. The molecule has 0 unspecified atom stereocenters. The van der Waals surface area contributed by atoms with Crippen LogP contribution in [0.15, 0.2) is 18.0 Å². The molecule has 0 saturated carbocycles. The van der Waals surface area contributed by atoms with E-state index in [0.29, 0.717) is 0 Å². The quantitative estimate of drug-likeness (QED) is 0.605. The summed E-state index contributed by atoms with van der Waals surface area (Å²) in [5.41, 5.74) is 0.954. The molecule has 0 aliphatic carbocycles. The van der Waals surface area contributed by atoms with E-state index >= 15 is 0 Å². The summed E-state index contributed by atoms with van der Waals surface area (Å²) in [6.45, 7) is 3.62. The first-order valence-corrected chi connectivity index (χ1v) is 3.47. The summed E-state index contributed by atoms with van der Waals surface area (Å²) in [5, 5.41) is 8.89. The molecule has 46 valence electrons. The summed E-state index contributed by atoms with van der Waals surface area (Å²) in [6.07, 6.45) is 3.11. The number of nitrogens with one attached hydrogen (secondary N) is 1. The van der Waals surface area contributed by atoms with Gasteiger partial charge in [0, 0.05) is 16.7 Å². The van der Waals surface area contributed by atoms with Crippen molar-refractivity contribution in [2.45, 2.75) is 0 Å². The van der Waals surface area contributed by atoms with Gasteiger partial charge in [0.05, 0.1) is 0 Å². The second kappa shape index (κ2) is 2.60. The van der Waals surface area contributed by atoms with E-state index in [0.717, 1.165) is 10.4 Å². The van der Waals surface area contributed by atoms with Gasteiger partial charge < -0.3 is 5.41 Å². The van der Waals surface area contributed by atoms with Crippen molar-refractivity contribution in [1.29, 1.82) is 5.41 Å². The number of thiophene rings is 1. The summed E-state index contributed by atoms with van der Waals surface area (Å²) in [6, 6.07) is 1.91. The second-order valence-electron chi connectivity index (χ2n) is 1.59. The van der Waals surface area contributed by atoms with Crippen LogP contribution < -0.4 is 0 Å². The first-order chi connectivity index (χ1) is 4.38. The predicted molar refractivity (Wildman–Crippen MR) is 42.3 cm³/mol. The van der Waals surface area contributed by atoms with Crippen LogP contribution in [0.3, 0.4) is 0 Å². The molecule has 0 radical (unpaired) electrons. The molecule has 1 aromatic heterocycles. The smallest absolute Gasteiger partial charge is 0.0352 e. The Morgan fingerprint density at radius 1 is 1.67 bits per heavy atom. The third-order valence-corrected chi connectivity index (χ3v) is 2.00. The summed E-state index contributed by atoms with van der Waals surface area (Å²) in [4.78, 5) is 1.07. The molecule has 0 aromatic carbocycles. The van der Waals surface area contributed by atoms with Gasteiger partial charge in [-0.15, -0.1) is 11.3 Å². The fraction of sp³-hybridized carbons (Fsp3) is 0. The maximum atomic E-state index is 6.94. The van der Waals surface area contributed by atoms with Crippen LogP contribution in [-0.2, 0) is 0 Å². The van der Waals surface area contributed by atoms with Crippen LogP contribution in [-0.4, -0.2) is 6.21 Å². The lowest BCUT2D eigenvalue weighted by Crippen LogP contribution is -1.73. The van der Waals surface area contributed by atoms with E-state index in [1.165, 1.54) is 6.21 Å². The van der Waals surface area contributed by atoms with Gasteiger partial charge in [0.15, 0.2) is 0 Å². The van der Waals surface area contributed by atoms with Crippen LogP contribution in [0.25, 0.3) is 6.08 Å². The van der Waals surface area contributed by atoms with Crippen LogP contribution in [0, 0.1) is 5.41 Å². The zero-order chi connectivity index (χ0) is 6.69. The van der Waals surface area contributed by atoms with Gasteiger partial charge in [-0.05, 0) is 11.4 Å². The van der Waals surface area contributed by atoms with Crippen molar-refractivity contribution >= 4 is 23.6 Å². The molecule has 0 aliphatic rings. The maximum absolute atomic E-state index is 6.94. The molecular weight excluding hydrogens is 130 g/mol. The highest BCUT2D eigenvalue weighted by molar-refractivity contribution is 7.11. The predicted octanol–water partition coefficient (Wildman–Crippen LogP) is 2.39. The Kier molecular flexibility index (Phi) is 1.80. The molecule has 1 nitrogen and oxygen atoms in total. The molecule has 0 fully saturated rings. The Hall–Kier alpha value is -0.890. The van der Waals surface area contributed by atoms with Gasteiger partial charge in [0.2, 0.25) is 0 Å². The van der Waals surface area contributed by atoms with Crippen molar-refractivity contribution in [3.05, 3.63) is 28.5 Å². The minimum absolute atomic E-state index is 0.954. The first-order valence-electron chi connectivity index (χ1n) is 2.59. The van der Waals surface area contributed by atoms with Crippen molar-refractivity contribution in [3.63, 3.8) is 0 Å². The molecule has 9 heavy (non-hydrogen) atoms. The molecule has 1 N–H and O–H groups in total. The molecule has 1 rings (SSSR count). The monoisotopic (exact) mass is 137 g/mol. The Morgan fingerprint density at radius 2 is 2.44 bits per heavy atom. The number of rotatable bonds is 2. The minimum Gasteiger partial charge on any atom is -0.308 e. The molecule has 0 bridgehead atoms. The lowest BCUT2D eigenvalue weighted by Gasteiger charge is -1.84. The van der Waals surface area contributed by atoms with Gasteiger partial charge in [0.25, 0.3) is 0 Å². The van der Waals surface area contributed by atoms with E-state index < -0.39 is 0 Å². The zero-order valence-corrected chi connectivity index (χ0v) is 5.74. The minimum atomic E-state index is 0.954. The van der Waals surface area contributed by atoms with Crippen molar-refractivity contribution in [2.24, 2.45) is 0 Å². The zero-order valence-electron chi connectivity index (χ0n) is 4.92. The van der Waals surface area contributed by atoms with Gasteiger partial charge >= 0.3 is 0 Å². The molecule has 0 spiro atoms. The van der Waals surface area contributed by atoms with Gasteiger partial charge in [-0.1, -0.05) is 12.7 Å². The largest absolute Gasteiger partial charge is 0.308 e. The highest BCUT2D eigenvalue weighted by Gasteiger charge is 1.93. The Labute approximate surface area is 58.2 Å². The highest BCUT2D eigenvalue weighted by atomic mass is 32.1. The number of hydrogen-bond donors (Lipinski definition) is 1. The van der Waals surface area contributed by atoms with E-state index in [2.05, 4.69) is 6.58 Å². The lowest BCUT2D eigenvalue weighted by atomic mass is 10.3. The summed E-state index contributed by atoms with van der Waals surface area (Å²) < 4.78 is 0. The van der Waals surface area contributed by atoms with Gasteiger partial charge in [-0.25, -0.2) is 0 Å². The molecule has 2 heteroatoms. The maximum Gasteiger partial charge on any atom is 0.0352 e. The molecule has 1 aromatic rings. The van der Waals surface area contributed by atoms with E-state index in [1.54, 1.807) is 17.4 Å². The van der Waals surface area contributed by atoms with E-state index in [9.17, 15) is 0 Å². The Balaban J connectivity index is 3.12. The molecule has 0 atom stereocenters. The topological polar surface area (TPSA) is 23.9 Å². The second-order valence-corrected chi connectivity index (χ2v) is 2.54. The van der Waals surface area contributed by atoms with Crippen LogP contribution in [0.2, 0.25) is 0 Å². The van der Waals surface area contributed by atoms with Crippen LogP contribution in [0.5, 0.6) is 0 Å². The molecule has 0 saturated heterocycles. The van der Waals surface area contributed by atoms with E-state index in [1.807, 2.05) is 11.4 Å². The molecular formula is C7H7NS. The van der Waals surface area contributed by atoms with Crippen molar-refractivity contribution in [1.82, 2.24) is 0 Å². The summed E-state index contributed by atoms with van der Waals surface area (Å²) in [7, 11) is 0. The van der Waals surface area contributed by atoms with Crippen molar-refractivity contribution < 1.29 is 0 Å². The van der Waals surface area contributed by atoms with Crippen LogP contribution in [0.1, 0.15) is 10.4 Å². The number of hydrogen-bond acceptors (Lipinski definition) is 2. The van der Waals surface area contributed by atoms with Gasteiger partial charge in [-0.2, -0.15) is 0 Å². The van der Waals surface area contributed by atoms with E-state index in [4.69, 9.17) is 5.41 Å². The third-order valence-electron chi connectivity index (χ3n) is 1.07.